The number of nitrogens with one attached hydrogen (secondary N) is 2. The lowest BCUT2D eigenvalue weighted by atomic mass is 10.0. The zero-order valence-corrected chi connectivity index (χ0v) is 10.9. The first-order valence-corrected chi connectivity index (χ1v) is 5.88. The molecule has 0 radical (unpaired) electrons. The molecule has 0 aromatic heterocycles. The van der Waals surface area contributed by atoms with Gasteiger partial charge < -0.3 is 20.1 Å². The van der Waals surface area contributed by atoms with E-state index in [-0.39, 0.29) is 18.2 Å². The van der Waals surface area contributed by atoms with Crippen LogP contribution in [-0.4, -0.2) is 25.3 Å². The standard InChI is InChI=1S/C13H18N2O3/c1-13(2,14-3)7-12(16)15-9-4-5-10-11(6-9)18-8-17-10/h4-6,14H,7-8H2,1-3H3,(H,15,16). The molecule has 1 heterocycles. The molecule has 0 saturated carbocycles. The largest absolute Gasteiger partial charge is 0.454 e. The van der Waals surface area contributed by atoms with Crippen molar-refractivity contribution in [1.82, 2.24) is 5.32 Å². The minimum atomic E-state index is -0.222. The Bertz CT molecular complexity index is 458. The van der Waals surface area contributed by atoms with Crippen LogP contribution in [0.1, 0.15) is 20.3 Å². The highest BCUT2D eigenvalue weighted by Crippen LogP contribution is 2.34. The van der Waals surface area contributed by atoms with E-state index in [9.17, 15) is 4.79 Å². The van der Waals surface area contributed by atoms with E-state index in [1.165, 1.54) is 0 Å². The van der Waals surface area contributed by atoms with Crippen LogP contribution in [-0.2, 0) is 4.79 Å². The SMILES string of the molecule is CNC(C)(C)CC(=O)Nc1ccc2c(c1)OCO2. The molecule has 1 aliphatic rings. The smallest absolute Gasteiger partial charge is 0.231 e. The Morgan fingerprint density at radius 3 is 2.78 bits per heavy atom. The van der Waals surface area contributed by atoms with Crippen molar-refractivity contribution in [3.8, 4) is 11.5 Å². The maximum atomic E-state index is 11.9. The van der Waals surface area contributed by atoms with Crippen LogP contribution in [0.15, 0.2) is 18.2 Å². The average Bonchev–Trinajstić information content (AvgIpc) is 2.75. The minimum Gasteiger partial charge on any atom is -0.454 e. The highest BCUT2D eigenvalue weighted by atomic mass is 16.7. The fourth-order valence-corrected chi connectivity index (χ4v) is 1.67. The van der Waals surface area contributed by atoms with Crippen molar-refractivity contribution in [3.05, 3.63) is 18.2 Å². The Kier molecular flexibility index (Phi) is 3.43. The van der Waals surface area contributed by atoms with Crippen LogP contribution < -0.4 is 20.1 Å². The number of ether oxygens (including phenoxy) is 2. The normalized spacial score (nSPS) is 13.5. The number of hydrogen-bond acceptors (Lipinski definition) is 4. The molecule has 1 aliphatic heterocycles. The molecule has 1 aromatic carbocycles. The predicted octanol–water partition coefficient (Wildman–Crippen LogP) is 1.74. The Morgan fingerprint density at radius 2 is 2.06 bits per heavy atom. The van der Waals surface area contributed by atoms with Crippen molar-refractivity contribution in [2.75, 3.05) is 19.2 Å². The Labute approximate surface area is 106 Å². The molecule has 0 spiro atoms. The van der Waals surface area contributed by atoms with Gasteiger partial charge in [0.2, 0.25) is 12.7 Å². The van der Waals surface area contributed by atoms with Crippen LogP contribution in [0.2, 0.25) is 0 Å². The maximum absolute atomic E-state index is 11.9. The van der Waals surface area contributed by atoms with E-state index in [0.717, 1.165) is 5.69 Å². The topological polar surface area (TPSA) is 59.6 Å². The van der Waals surface area contributed by atoms with E-state index >= 15 is 0 Å². The molecule has 2 rings (SSSR count). The van der Waals surface area contributed by atoms with Crippen molar-refractivity contribution >= 4 is 11.6 Å². The lowest BCUT2D eigenvalue weighted by Crippen LogP contribution is -2.39. The fourth-order valence-electron chi connectivity index (χ4n) is 1.67. The number of carbonyl (C=O) groups excluding carboxylic acids is 1. The van der Waals surface area contributed by atoms with E-state index in [1.54, 1.807) is 18.2 Å². The predicted molar refractivity (Wildman–Crippen MR) is 69.0 cm³/mol. The first-order valence-electron chi connectivity index (χ1n) is 5.88. The molecular weight excluding hydrogens is 232 g/mol. The lowest BCUT2D eigenvalue weighted by molar-refractivity contribution is -0.117. The van der Waals surface area contributed by atoms with Gasteiger partial charge >= 0.3 is 0 Å². The zero-order chi connectivity index (χ0) is 13.2. The number of fused-ring (bicyclic) bond motifs is 1. The Hall–Kier alpha value is -1.75. The number of amides is 1. The summed E-state index contributed by atoms with van der Waals surface area (Å²) < 4.78 is 10.5. The van der Waals surface area contributed by atoms with Crippen molar-refractivity contribution < 1.29 is 14.3 Å². The van der Waals surface area contributed by atoms with Gasteiger partial charge in [0.1, 0.15) is 0 Å². The van der Waals surface area contributed by atoms with Gasteiger partial charge in [0, 0.05) is 23.7 Å². The zero-order valence-electron chi connectivity index (χ0n) is 10.9. The second-order valence-electron chi connectivity index (χ2n) is 4.93. The number of carbonyl (C=O) groups is 1. The van der Waals surface area contributed by atoms with Crippen LogP contribution in [0.25, 0.3) is 0 Å². The van der Waals surface area contributed by atoms with Crippen LogP contribution in [0.5, 0.6) is 11.5 Å². The summed E-state index contributed by atoms with van der Waals surface area (Å²) in [5, 5.41) is 5.94. The van der Waals surface area contributed by atoms with Gasteiger partial charge in [-0.2, -0.15) is 0 Å². The van der Waals surface area contributed by atoms with Crippen LogP contribution >= 0.6 is 0 Å². The molecule has 0 fully saturated rings. The molecule has 0 aliphatic carbocycles. The second kappa shape index (κ2) is 4.86. The van der Waals surface area contributed by atoms with Crippen molar-refractivity contribution in [2.24, 2.45) is 0 Å². The maximum Gasteiger partial charge on any atom is 0.231 e. The highest BCUT2D eigenvalue weighted by Gasteiger charge is 2.20. The Balaban J connectivity index is 1.99. The van der Waals surface area contributed by atoms with Gasteiger partial charge in [0.05, 0.1) is 0 Å². The van der Waals surface area contributed by atoms with Crippen LogP contribution in [0.3, 0.4) is 0 Å². The van der Waals surface area contributed by atoms with E-state index in [0.29, 0.717) is 17.9 Å². The number of anilines is 1. The van der Waals surface area contributed by atoms with E-state index in [1.807, 2.05) is 20.9 Å². The lowest BCUT2D eigenvalue weighted by Gasteiger charge is -2.23. The van der Waals surface area contributed by atoms with Crippen LogP contribution in [0.4, 0.5) is 5.69 Å². The van der Waals surface area contributed by atoms with Gasteiger partial charge in [-0.3, -0.25) is 4.79 Å². The summed E-state index contributed by atoms with van der Waals surface area (Å²) in [6.07, 6.45) is 0.401. The molecule has 18 heavy (non-hydrogen) atoms. The summed E-state index contributed by atoms with van der Waals surface area (Å²) in [7, 11) is 1.84. The van der Waals surface area contributed by atoms with E-state index < -0.39 is 0 Å². The van der Waals surface area contributed by atoms with Gasteiger partial charge in [-0.15, -0.1) is 0 Å². The third-order valence-corrected chi connectivity index (χ3v) is 2.94. The molecule has 0 atom stereocenters. The molecule has 5 heteroatoms. The van der Waals surface area contributed by atoms with Crippen molar-refractivity contribution in [3.63, 3.8) is 0 Å². The molecule has 0 unspecified atom stereocenters. The highest BCUT2D eigenvalue weighted by molar-refractivity contribution is 5.91. The first-order chi connectivity index (χ1) is 8.50. The number of benzene rings is 1. The van der Waals surface area contributed by atoms with Gasteiger partial charge in [0.25, 0.3) is 0 Å². The quantitative estimate of drug-likeness (QED) is 0.854. The van der Waals surface area contributed by atoms with Crippen LogP contribution in [0, 0.1) is 0 Å². The summed E-state index contributed by atoms with van der Waals surface area (Å²) in [5.74, 6) is 1.34. The third kappa shape index (κ3) is 2.92. The summed E-state index contributed by atoms with van der Waals surface area (Å²) in [4.78, 5) is 11.9. The van der Waals surface area contributed by atoms with Gasteiger partial charge in [-0.1, -0.05) is 0 Å². The molecule has 1 aromatic rings. The molecule has 2 N–H and O–H groups in total. The monoisotopic (exact) mass is 250 g/mol. The van der Waals surface area contributed by atoms with E-state index in [4.69, 9.17) is 9.47 Å². The summed E-state index contributed by atoms with van der Waals surface area (Å²) in [5.41, 5.74) is 0.497. The fraction of sp³-hybridized carbons (Fsp3) is 0.462. The number of hydrogen-bond donors (Lipinski definition) is 2. The molecule has 5 nitrogen and oxygen atoms in total. The first kappa shape index (κ1) is 12.7. The average molecular weight is 250 g/mol. The third-order valence-electron chi connectivity index (χ3n) is 2.94. The molecule has 0 saturated heterocycles. The van der Waals surface area contributed by atoms with Gasteiger partial charge in [-0.05, 0) is 33.0 Å². The molecule has 98 valence electrons. The van der Waals surface area contributed by atoms with Crippen molar-refractivity contribution in [1.29, 1.82) is 0 Å². The summed E-state index contributed by atoms with van der Waals surface area (Å²) in [6.45, 7) is 4.19. The minimum absolute atomic E-state index is 0.0341. The molecule has 0 bridgehead atoms. The molecule has 1 amide bonds. The molecular formula is C13H18N2O3. The Morgan fingerprint density at radius 1 is 1.33 bits per heavy atom. The van der Waals surface area contributed by atoms with Gasteiger partial charge in [-0.25, -0.2) is 0 Å². The second-order valence-corrected chi connectivity index (χ2v) is 4.93. The van der Waals surface area contributed by atoms with Gasteiger partial charge in [0.15, 0.2) is 11.5 Å². The summed E-state index contributed by atoms with van der Waals surface area (Å²) >= 11 is 0. The summed E-state index contributed by atoms with van der Waals surface area (Å²) in [6, 6.07) is 5.37. The van der Waals surface area contributed by atoms with E-state index in [2.05, 4.69) is 10.6 Å². The number of rotatable bonds is 4. The van der Waals surface area contributed by atoms with Crippen molar-refractivity contribution in [2.45, 2.75) is 25.8 Å².